The van der Waals surface area contributed by atoms with Crippen LogP contribution in [0.25, 0.3) is 11.1 Å². The monoisotopic (exact) mass is 458 g/mol. The predicted octanol–water partition coefficient (Wildman–Crippen LogP) is 5.56. The van der Waals surface area contributed by atoms with Crippen LogP contribution in [0.2, 0.25) is 0 Å². The van der Waals surface area contributed by atoms with Crippen molar-refractivity contribution in [3.63, 3.8) is 0 Å². The highest BCUT2D eigenvalue weighted by molar-refractivity contribution is 5.85. The molecule has 0 aromatic heterocycles. The number of phenols is 1. The number of alkyl halides is 3. The molecule has 0 spiro atoms. The van der Waals surface area contributed by atoms with Gasteiger partial charge in [0.2, 0.25) is 0 Å². The first-order chi connectivity index (χ1) is 14.1. The number of hydrogen-bond acceptors (Lipinski definition) is 4. The molecule has 31 heavy (non-hydrogen) atoms. The molecule has 1 atom stereocenters. The normalized spacial score (nSPS) is 16.1. The molecule has 2 N–H and O–H groups in total. The van der Waals surface area contributed by atoms with Gasteiger partial charge < -0.3 is 15.2 Å². The Morgan fingerprint density at radius 3 is 2.32 bits per heavy atom. The average Bonchev–Trinajstić information content (AvgIpc) is 2.71. The Labute approximate surface area is 187 Å². The summed E-state index contributed by atoms with van der Waals surface area (Å²) in [5.74, 6) is 0.499. The summed E-state index contributed by atoms with van der Waals surface area (Å²) in [6, 6.07) is 6.93. The average molecular weight is 459 g/mol. The first-order valence-electron chi connectivity index (χ1n) is 10.2. The van der Waals surface area contributed by atoms with E-state index >= 15 is 0 Å². The first-order valence-corrected chi connectivity index (χ1v) is 10.2. The van der Waals surface area contributed by atoms with Crippen molar-refractivity contribution in [1.82, 2.24) is 10.2 Å². The molecular formula is C23H30ClF3N2O2. The van der Waals surface area contributed by atoms with Crippen LogP contribution in [0, 0.1) is 6.92 Å². The van der Waals surface area contributed by atoms with Gasteiger partial charge in [-0.2, -0.15) is 13.2 Å². The molecule has 1 fully saturated rings. The van der Waals surface area contributed by atoms with Crippen LogP contribution in [-0.4, -0.2) is 42.4 Å². The molecule has 1 unspecified atom stereocenters. The predicted molar refractivity (Wildman–Crippen MR) is 119 cm³/mol. The van der Waals surface area contributed by atoms with Gasteiger partial charge in [0, 0.05) is 37.3 Å². The summed E-state index contributed by atoms with van der Waals surface area (Å²) < 4.78 is 46.4. The Balaban J connectivity index is 0.00000341. The molecule has 2 aromatic rings. The summed E-state index contributed by atoms with van der Waals surface area (Å²) in [6.45, 7) is 10.9. The molecule has 4 nitrogen and oxygen atoms in total. The maximum Gasteiger partial charge on any atom is 0.416 e. The second-order valence-corrected chi connectivity index (χ2v) is 8.05. The zero-order valence-electron chi connectivity index (χ0n) is 18.2. The van der Waals surface area contributed by atoms with E-state index in [1.54, 1.807) is 19.1 Å². The maximum absolute atomic E-state index is 13.4. The number of halogens is 4. The van der Waals surface area contributed by atoms with E-state index in [1.165, 1.54) is 6.07 Å². The largest absolute Gasteiger partial charge is 0.508 e. The lowest BCUT2D eigenvalue weighted by Gasteiger charge is -2.34. The van der Waals surface area contributed by atoms with Crippen molar-refractivity contribution in [3.8, 4) is 22.6 Å². The molecule has 172 valence electrons. The Bertz CT molecular complexity index is 897. The molecule has 1 aliphatic heterocycles. The number of hydrogen-bond donors (Lipinski definition) is 2. The SMILES string of the molecule is Cc1c(O)cc(C(C)C)c(-c2cccc(C(F)(F)F)c2)c1OC(C)N1CCNCC1.Cl. The van der Waals surface area contributed by atoms with Crippen LogP contribution in [0.5, 0.6) is 11.5 Å². The van der Waals surface area contributed by atoms with Gasteiger partial charge in [0.05, 0.1) is 5.56 Å². The molecule has 0 bridgehead atoms. The van der Waals surface area contributed by atoms with Crippen LogP contribution in [0.15, 0.2) is 30.3 Å². The van der Waals surface area contributed by atoms with Crippen molar-refractivity contribution >= 4 is 12.4 Å². The van der Waals surface area contributed by atoms with E-state index in [0.717, 1.165) is 43.9 Å². The van der Waals surface area contributed by atoms with Crippen LogP contribution < -0.4 is 10.1 Å². The Hall–Kier alpha value is -1.96. The van der Waals surface area contributed by atoms with Crippen LogP contribution in [0.1, 0.15) is 43.4 Å². The summed E-state index contributed by atoms with van der Waals surface area (Å²) in [4.78, 5) is 2.17. The summed E-state index contributed by atoms with van der Waals surface area (Å²) in [7, 11) is 0. The number of benzene rings is 2. The minimum Gasteiger partial charge on any atom is -0.508 e. The van der Waals surface area contributed by atoms with Crippen LogP contribution in [0.3, 0.4) is 0 Å². The summed E-state index contributed by atoms with van der Waals surface area (Å²) in [5.41, 5.74) is 1.60. The van der Waals surface area contributed by atoms with Crippen molar-refractivity contribution in [2.45, 2.75) is 46.0 Å². The second kappa shape index (κ2) is 10.1. The molecule has 1 aliphatic rings. The smallest absolute Gasteiger partial charge is 0.416 e. The lowest BCUT2D eigenvalue weighted by atomic mass is 9.89. The highest BCUT2D eigenvalue weighted by Crippen LogP contribution is 2.45. The second-order valence-electron chi connectivity index (χ2n) is 8.05. The summed E-state index contributed by atoms with van der Waals surface area (Å²) >= 11 is 0. The number of nitrogens with one attached hydrogen (secondary N) is 1. The zero-order chi connectivity index (χ0) is 22.1. The first kappa shape index (κ1) is 25.3. The number of nitrogens with zero attached hydrogens (tertiary/aromatic N) is 1. The number of rotatable bonds is 5. The van der Waals surface area contributed by atoms with Crippen LogP contribution >= 0.6 is 12.4 Å². The lowest BCUT2D eigenvalue weighted by Crippen LogP contribution is -2.49. The molecular weight excluding hydrogens is 429 g/mol. The van der Waals surface area contributed by atoms with Gasteiger partial charge in [-0.05, 0) is 49.1 Å². The van der Waals surface area contributed by atoms with E-state index in [4.69, 9.17) is 4.74 Å². The van der Waals surface area contributed by atoms with E-state index in [1.807, 2.05) is 20.8 Å². The van der Waals surface area contributed by atoms with E-state index in [9.17, 15) is 18.3 Å². The highest BCUT2D eigenvalue weighted by atomic mass is 35.5. The number of piperazine rings is 1. The fourth-order valence-corrected chi connectivity index (χ4v) is 3.80. The molecule has 0 radical (unpaired) electrons. The summed E-state index contributed by atoms with van der Waals surface area (Å²) in [6.07, 6.45) is -4.72. The van der Waals surface area contributed by atoms with E-state index in [2.05, 4.69) is 10.2 Å². The van der Waals surface area contributed by atoms with Crippen molar-refractivity contribution < 1.29 is 23.0 Å². The minimum absolute atomic E-state index is 0. The third-order valence-electron chi connectivity index (χ3n) is 5.59. The van der Waals surface area contributed by atoms with E-state index in [0.29, 0.717) is 22.4 Å². The number of phenolic OH excluding ortho intramolecular Hbond substituents is 1. The van der Waals surface area contributed by atoms with Gasteiger partial charge in [0.25, 0.3) is 0 Å². The quantitative estimate of drug-likeness (QED) is 0.615. The number of aromatic hydroxyl groups is 1. The van der Waals surface area contributed by atoms with Gasteiger partial charge >= 0.3 is 6.18 Å². The fourth-order valence-electron chi connectivity index (χ4n) is 3.80. The third kappa shape index (κ3) is 5.64. The zero-order valence-corrected chi connectivity index (χ0v) is 19.0. The van der Waals surface area contributed by atoms with Gasteiger partial charge in [-0.15, -0.1) is 12.4 Å². The molecule has 2 aromatic carbocycles. The van der Waals surface area contributed by atoms with E-state index in [-0.39, 0.29) is 30.3 Å². The van der Waals surface area contributed by atoms with Gasteiger partial charge in [-0.25, -0.2) is 0 Å². The van der Waals surface area contributed by atoms with Gasteiger partial charge in [-0.3, -0.25) is 4.90 Å². The van der Waals surface area contributed by atoms with Crippen molar-refractivity contribution in [3.05, 3.63) is 47.0 Å². The highest BCUT2D eigenvalue weighted by Gasteiger charge is 2.31. The lowest BCUT2D eigenvalue weighted by molar-refractivity contribution is -0.137. The molecule has 1 heterocycles. The molecule has 1 saturated heterocycles. The summed E-state index contributed by atoms with van der Waals surface area (Å²) in [5, 5.41) is 13.8. The fraction of sp³-hybridized carbons (Fsp3) is 0.478. The standard InChI is InChI=1S/C23H29F3N2O2.ClH/c1-14(2)19-13-20(29)15(3)22(30-16(4)28-10-8-27-9-11-28)21(19)17-6-5-7-18(12-17)23(24,25)26;/h5-7,12-14,16,27,29H,8-11H2,1-4H3;1H. The third-order valence-corrected chi connectivity index (χ3v) is 5.59. The van der Waals surface area contributed by atoms with Gasteiger partial charge in [0.15, 0.2) is 0 Å². The van der Waals surface area contributed by atoms with Crippen molar-refractivity contribution in [2.75, 3.05) is 26.2 Å². The molecule has 0 aliphatic carbocycles. The van der Waals surface area contributed by atoms with Crippen molar-refractivity contribution in [1.29, 1.82) is 0 Å². The van der Waals surface area contributed by atoms with E-state index < -0.39 is 11.7 Å². The molecule has 0 saturated carbocycles. The topological polar surface area (TPSA) is 44.7 Å². The Kier molecular flexibility index (Phi) is 8.25. The Morgan fingerprint density at radius 2 is 1.74 bits per heavy atom. The number of ether oxygens (including phenoxy) is 1. The van der Waals surface area contributed by atoms with Crippen molar-refractivity contribution in [2.24, 2.45) is 0 Å². The van der Waals surface area contributed by atoms with Crippen LogP contribution in [-0.2, 0) is 6.18 Å². The molecule has 3 rings (SSSR count). The molecule has 8 heteroatoms. The minimum atomic E-state index is -4.44. The maximum atomic E-state index is 13.4. The molecule has 0 amide bonds. The van der Waals surface area contributed by atoms with Crippen LogP contribution in [0.4, 0.5) is 13.2 Å². The Morgan fingerprint density at radius 1 is 1.10 bits per heavy atom. The van der Waals surface area contributed by atoms with Gasteiger partial charge in [0.1, 0.15) is 17.7 Å². The van der Waals surface area contributed by atoms with Gasteiger partial charge in [-0.1, -0.05) is 26.0 Å².